The molecule has 0 aliphatic rings. The second-order valence-electron chi connectivity index (χ2n) is 4.15. The molecule has 0 rings (SSSR count). The molecule has 6 nitrogen and oxygen atoms in total. The molecule has 0 saturated heterocycles. The van der Waals surface area contributed by atoms with Gasteiger partial charge in [0.1, 0.15) is 0 Å². The van der Waals surface area contributed by atoms with E-state index in [1.165, 1.54) is 0 Å². The third-order valence-electron chi connectivity index (χ3n) is 2.51. The second-order valence-corrected chi connectivity index (χ2v) is 4.15. The summed E-state index contributed by atoms with van der Waals surface area (Å²) in [5, 5.41) is 22.0. The number of amides is 2. The average Bonchev–Trinajstić information content (AvgIpc) is 2.21. The SMILES string of the molecule is CC(C)C(C)CNC(=O)N[C@@H](CO)C(=O)O. The Hall–Kier alpha value is -1.30. The van der Waals surface area contributed by atoms with Crippen LogP contribution in [0.5, 0.6) is 0 Å². The fourth-order valence-corrected chi connectivity index (χ4v) is 0.884. The first kappa shape index (κ1) is 14.7. The summed E-state index contributed by atoms with van der Waals surface area (Å²) in [6, 6.07) is -1.83. The standard InChI is InChI=1S/C10H20N2O4/c1-6(2)7(3)4-11-10(16)12-8(5-13)9(14)15/h6-8,13H,4-5H2,1-3H3,(H,14,15)(H2,11,12,16)/t7?,8-/m0/s1. The van der Waals surface area contributed by atoms with Crippen LogP contribution in [-0.2, 0) is 4.79 Å². The fraction of sp³-hybridized carbons (Fsp3) is 0.800. The predicted molar refractivity (Wildman–Crippen MR) is 59.0 cm³/mol. The number of nitrogens with one attached hydrogen (secondary N) is 2. The van der Waals surface area contributed by atoms with Gasteiger partial charge >= 0.3 is 12.0 Å². The topological polar surface area (TPSA) is 98.7 Å². The number of carbonyl (C=O) groups is 2. The molecule has 0 radical (unpaired) electrons. The molecule has 16 heavy (non-hydrogen) atoms. The van der Waals surface area contributed by atoms with Crippen LogP contribution in [0.2, 0.25) is 0 Å². The summed E-state index contributed by atoms with van der Waals surface area (Å²) in [4.78, 5) is 21.8. The van der Waals surface area contributed by atoms with Crippen LogP contribution in [0.1, 0.15) is 20.8 Å². The minimum atomic E-state index is -1.26. The van der Waals surface area contributed by atoms with Crippen LogP contribution in [0.3, 0.4) is 0 Å². The highest BCUT2D eigenvalue weighted by molar-refractivity contribution is 5.82. The van der Waals surface area contributed by atoms with Crippen molar-refractivity contribution in [1.82, 2.24) is 10.6 Å². The van der Waals surface area contributed by atoms with Crippen molar-refractivity contribution in [2.24, 2.45) is 11.8 Å². The molecule has 0 aromatic rings. The Morgan fingerprint density at radius 2 is 1.81 bits per heavy atom. The van der Waals surface area contributed by atoms with Gasteiger partial charge in [0.05, 0.1) is 6.61 Å². The Bertz CT molecular complexity index is 243. The van der Waals surface area contributed by atoms with Gasteiger partial charge in [-0.1, -0.05) is 20.8 Å². The Morgan fingerprint density at radius 3 is 2.19 bits per heavy atom. The van der Waals surface area contributed by atoms with E-state index in [0.717, 1.165) is 0 Å². The van der Waals surface area contributed by atoms with E-state index in [2.05, 4.69) is 10.6 Å². The van der Waals surface area contributed by atoms with Gasteiger partial charge in [-0.2, -0.15) is 0 Å². The normalized spacial score (nSPS) is 14.3. The lowest BCUT2D eigenvalue weighted by Gasteiger charge is -2.17. The van der Waals surface area contributed by atoms with E-state index in [4.69, 9.17) is 10.2 Å². The van der Waals surface area contributed by atoms with Crippen molar-refractivity contribution in [3.63, 3.8) is 0 Å². The highest BCUT2D eigenvalue weighted by Crippen LogP contribution is 2.07. The van der Waals surface area contributed by atoms with E-state index in [0.29, 0.717) is 18.4 Å². The van der Waals surface area contributed by atoms with Crippen LogP contribution in [0, 0.1) is 11.8 Å². The number of aliphatic hydroxyl groups is 1. The zero-order chi connectivity index (χ0) is 12.7. The monoisotopic (exact) mass is 232 g/mol. The molecular weight excluding hydrogens is 212 g/mol. The van der Waals surface area contributed by atoms with Gasteiger partial charge in [0.2, 0.25) is 0 Å². The fourth-order valence-electron chi connectivity index (χ4n) is 0.884. The zero-order valence-corrected chi connectivity index (χ0v) is 9.86. The quantitative estimate of drug-likeness (QED) is 0.519. The Kier molecular flexibility index (Phi) is 6.48. The van der Waals surface area contributed by atoms with E-state index < -0.39 is 24.6 Å². The van der Waals surface area contributed by atoms with Gasteiger partial charge in [0, 0.05) is 6.54 Å². The number of aliphatic carboxylic acids is 1. The summed E-state index contributed by atoms with van der Waals surface area (Å²) in [6.07, 6.45) is 0. The first-order valence-corrected chi connectivity index (χ1v) is 5.26. The van der Waals surface area contributed by atoms with Gasteiger partial charge in [0.15, 0.2) is 6.04 Å². The van der Waals surface area contributed by atoms with E-state index in [1.54, 1.807) is 0 Å². The summed E-state index contributed by atoms with van der Waals surface area (Å²) in [6.45, 7) is 5.92. The molecule has 1 unspecified atom stereocenters. The number of rotatable bonds is 6. The first-order chi connectivity index (χ1) is 7.38. The van der Waals surface area contributed by atoms with Crippen LogP contribution >= 0.6 is 0 Å². The molecule has 6 heteroatoms. The minimum absolute atomic E-state index is 0.308. The number of aliphatic hydroxyl groups excluding tert-OH is 1. The number of carboxylic acid groups (broad SMARTS) is 1. The summed E-state index contributed by atoms with van der Waals surface area (Å²) < 4.78 is 0. The lowest BCUT2D eigenvalue weighted by Crippen LogP contribution is -2.48. The smallest absolute Gasteiger partial charge is 0.328 e. The average molecular weight is 232 g/mol. The third kappa shape index (κ3) is 5.55. The highest BCUT2D eigenvalue weighted by atomic mass is 16.4. The molecule has 94 valence electrons. The van der Waals surface area contributed by atoms with Crippen LogP contribution in [-0.4, -0.2) is 41.4 Å². The molecule has 0 bridgehead atoms. The molecule has 2 atom stereocenters. The van der Waals surface area contributed by atoms with Gasteiger partial charge in [-0.3, -0.25) is 0 Å². The van der Waals surface area contributed by atoms with Crippen molar-refractivity contribution in [2.75, 3.05) is 13.2 Å². The van der Waals surface area contributed by atoms with Crippen LogP contribution < -0.4 is 10.6 Å². The molecular formula is C10H20N2O4. The Labute approximate surface area is 95.0 Å². The van der Waals surface area contributed by atoms with Crippen molar-refractivity contribution >= 4 is 12.0 Å². The molecule has 0 aliphatic heterocycles. The van der Waals surface area contributed by atoms with Crippen molar-refractivity contribution in [3.8, 4) is 0 Å². The van der Waals surface area contributed by atoms with Crippen molar-refractivity contribution in [3.05, 3.63) is 0 Å². The van der Waals surface area contributed by atoms with Crippen LogP contribution in [0.15, 0.2) is 0 Å². The Balaban J connectivity index is 3.94. The molecule has 0 fully saturated rings. The largest absolute Gasteiger partial charge is 0.480 e. The number of hydrogen-bond donors (Lipinski definition) is 4. The van der Waals surface area contributed by atoms with E-state index in [-0.39, 0.29) is 0 Å². The maximum absolute atomic E-state index is 11.2. The third-order valence-corrected chi connectivity index (χ3v) is 2.51. The van der Waals surface area contributed by atoms with E-state index >= 15 is 0 Å². The van der Waals surface area contributed by atoms with Crippen molar-refractivity contribution < 1.29 is 19.8 Å². The van der Waals surface area contributed by atoms with E-state index in [9.17, 15) is 9.59 Å². The highest BCUT2D eigenvalue weighted by Gasteiger charge is 2.18. The second kappa shape index (κ2) is 7.05. The van der Waals surface area contributed by atoms with Crippen LogP contribution in [0.4, 0.5) is 4.79 Å². The van der Waals surface area contributed by atoms with Gasteiger partial charge in [-0.05, 0) is 11.8 Å². The lowest BCUT2D eigenvalue weighted by molar-refractivity contribution is -0.140. The van der Waals surface area contributed by atoms with Crippen molar-refractivity contribution in [2.45, 2.75) is 26.8 Å². The molecule has 0 heterocycles. The van der Waals surface area contributed by atoms with Crippen LogP contribution in [0.25, 0.3) is 0 Å². The zero-order valence-electron chi connectivity index (χ0n) is 9.86. The molecule has 0 spiro atoms. The molecule has 4 N–H and O–H groups in total. The van der Waals surface area contributed by atoms with Crippen molar-refractivity contribution in [1.29, 1.82) is 0 Å². The molecule has 0 aromatic carbocycles. The summed E-state index contributed by atoms with van der Waals surface area (Å²) >= 11 is 0. The van der Waals surface area contributed by atoms with E-state index in [1.807, 2.05) is 20.8 Å². The first-order valence-electron chi connectivity index (χ1n) is 5.26. The summed E-state index contributed by atoms with van der Waals surface area (Å²) in [7, 11) is 0. The lowest BCUT2D eigenvalue weighted by atomic mass is 9.98. The molecule has 0 aromatic heterocycles. The molecule has 0 saturated carbocycles. The number of urea groups is 1. The summed E-state index contributed by atoms with van der Waals surface area (Å²) in [5.74, 6) is -0.508. The maximum atomic E-state index is 11.2. The number of carbonyl (C=O) groups excluding carboxylic acids is 1. The van der Waals surface area contributed by atoms with Gasteiger partial charge in [-0.25, -0.2) is 9.59 Å². The Morgan fingerprint density at radius 1 is 1.25 bits per heavy atom. The summed E-state index contributed by atoms with van der Waals surface area (Å²) in [5.41, 5.74) is 0. The van der Waals surface area contributed by atoms with Gasteiger partial charge in [-0.15, -0.1) is 0 Å². The molecule has 2 amide bonds. The molecule has 0 aliphatic carbocycles. The van der Waals surface area contributed by atoms with Gasteiger partial charge in [0.25, 0.3) is 0 Å². The van der Waals surface area contributed by atoms with Gasteiger partial charge < -0.3 is 20.8 Å². The number of hydrogen-bond acceptors (Lipinski definition) is 3. The minimum Gasteiger partial charge on any atom is -0.480 e. The number of carboxylic acids is 1. The maximum Gasteiger partial charge on any atom is 0.328 e. The predicted octanol–water partition coefficient (Wildman–Crippen LogP) is 0.0232.